The van der Waals surface area contributed by atoms with Crippen LogP contribution in [0.15, 0.2) is 58.0 Å². The Kier molecular flexibility index (Phi) is 7.09. The molecule has 0 unspecified atom stereocenters. The van der Waals surface area contributed by atoms with Crippen LogP contribution in [0.4, 0.5) is 0 Å². The zero-order chi connectivity index (χ0) is 20.7. The van der Waals surface area contributed by atoms with E-state index in [4.69, 9.17) is 4.42 Å². The highest BCUT2D eigenvalue weighted by Crippen LogP contribution is 2.28. The Labute approximate surface area is 170 Å². The largest absolute Gasteiger partial charge is 0.468 e. The lowest BCUT2D eigenvalue weighted by Crippen LogP contribution is -2.45. The Morgan fingerprint density at radius 2 is 1.66 bits per heavy atom. The number of rotatable bonds is 6. The van der Waals surface area contributed by atoms with E-state index in [1.165, 1.54) is 18.4 Å². The number of sulfone groups is 1. The highest BCUT2D eigenvalue weighted by atomic mass is 32.2. The van der Waals surface area contributed by atoms with E-state index in [0.29, 0.717) is 0 Å². The molecule has 1 saturated carbocycles. The molecule has 2 aromatic rings. The van der Waals surface area contributed by atoms with Gasteiger partial charge in [0.25, 0.3) is 0 Å². The molecule has 0 bridgehead atoms. The van der Waals surface area contributed by atoms with E-state index in [2.05, 4.69) is 10.6 Å². The van der Waals surface area contributed by atoms with Gasteiger partial charge in [-0.05, 0) is 37.1 Å². The summed E-state index contributed by atoms with van der Waals surface area (Å²) in [5, 5.41) is 4.10. The molecule has 0 saturated heterocycles. The quantitative estimate of drug-likeness (QED) is 0.554. The Hall–Kier alpha value is -2.61. The minimum absolute atomic E-state index is 0.00956. The van der Waals surface area contributed by atoms with E-state index < -0.39 is 26.9 Å². The van der Waals surface area contributed by atoms with Crippen molar-refractivity contribution in [3.05, 3.63) is 54.5 Å². The van der Waals surface area contributed by atoms with Crippen LogP contribution in [0, 0.1) is 0 Å². The van der Waals surface area contributed by atoms with Gasteiger partial charge in [0, 0.05) is 12.6 Å². The van der Waals surface area contributed by atoms with Crippen molar-refractivity contribution in [1.82, 2.24) is 10.6 Å². The van der Waals surface area contributed by atoms with E-state index in [-0.39, 0.29) is 23.2 Å². The van der Waals surface area contributed by atoms with E-state index in [1.54, 1.807) is 30.3 Å². The molecule has 1 heterocycles. The van der Waals surface area contributed by atoms with Gasteiger partial charge >= 0.3 is 11.8 Å². The van der Waals surface area contributed by atoms with Gasteiger partial charge in [0.2, 0.25) is 0 Å². The first kappa shape index (κ1) is 21.1. The Bertz CT molecular complexity index is 902. The average Bonchev–Trinajstić information content (AvgIpc) is 3.12. The van der Waals surface area contributed by atoms with Crippen molar-refractivity contribution in [2.75, 3.05) is 6.54 Å². The molecule has 7 nitrogen and oxygen atoms in total. The van der Waals surface area contributed by atoms with Gasteiger partial charge in [0.15, 0.2) is 9.84 Å². The van der Waals surface area contributed by atoms with Crippen LogP contribution in [-0.4, -0.2) is 32.8 Å². The summed E-state index contributed by atoms with van der Waals surface area (Å²) in [6.45, 7) is -0.262. The van der Waals surface area contributed by atoms with Gasteiger partial charge < -0.3 is 15.1 Å². The molecule has 8 heteroatoms. The fourth-order valence-corrected chi connectivity index (χ4v) is 5.16. The monoisotopic (exact) mass is 418 g/mol. The van der Waals surface area contributed by atoms with Crippen molar-refractivity contribution in [2.45, 2.75) is 54.7 Å². The van der Waals surface area contributed by atoms with Crippen LogP contribution in [-0.2, 0) is 19.4 Å². The number of hydrogen-bond acceptors (Lipinski definition) is 5. The molecule has 2 amide bonds. The maximum Gasteiger partial charge on any atom is 0.309 e. The lowest BCUT2D eigenvalue weighted by Gasteiger charge is -2.18. The van der Waals surface area contributed by atoms with Crippen LogP contribution in [0.25, 0.3) is 0 Å². The molecule has 1 fully saturated rings. The highest BCUT2D eigenvalue weighted by Gasteiger charge is 2.32. The second kappa shape index (κ2) is 9.73. The summed E-state index contributed by atoms with van der Waals surface area (Å²) in [7, 11) is -3.82. The minimum Gasteiger partial charge on any atom is -0.468 e. The molecule has 0 radical (unpaired) electrons. The molecular formula is C21H26N2O5S. The first-order valence-corrected chi connectivity index (χ1v) is 11.4. The van der Waals surface area contributed by atoms with Gasteiger partial charge in [-0.3, -0.25) is 9.59 Å². The SMILES string of the molecule is O=C(NC[C@H](c1ccco1)S(=O)(=O)c1ccccc1)C(=O)NC1CCCCCC1. The maximum atomic E-state index is 13.1. The van der Waals surface area contributed by atoms with Crippen LogP contribution in [0.5, 0.6) is 0 Å². The predicted octanol–water partition coefficient (Wildman–Crippen LogP) is 2.75. The molecule has 0 spiro atoms. The number of hydrogen-bond donors (Lipinski definition) is 2. The van der Waals surface area contributed by atoms with Gasteiger partial charge in [-0.1, -0.05) is 43.9 Å². The fraction of sp³-hybridized carbons (Fsp3) is 0.429. The first-order chi connectivity index (χ1) is 14.0. The smallest absolute Gasteiger partial charge is 0.309 e. The van der Waals surface area contributed by atoms with Crippen molar-refractivity contribution in [2.24, 2.45) is 0 Å². The summed E-state index contributed by atoms with van der Waals surface area (Å²) in [6.07, 6.45) is 7.43. The summed E-state index contributed by atoms with van der Waals surface area (Å²) in [5.41, 5.74) is 0. The minimum atomic E-state index is -3.82. The molecule has 1 aliphatic carbocycles. The molecule has 3 rings (SSSR count). The second-order valence-electron chi connectivity index (χ2n) is 7.23. The summed E-state index contributed by atoms with van der Waals surface area (Å²) in [5.74, 6) is -1.36. The third-order valence-corrected chi connectivity index (χ3v) is 7.23. The van der Waals surface area contributed by atoms with Crippen LogP contribution in [0.3, 0.4) is 0 Å². The van der Waals surface area contributed by atoms with E-state index in [0.717, 1.165) is 38.5 Å². The van der Waals surface area contributed by atoms with Crippen LogP contribution in [0.2, 0.25) is 0 Å². The molecule has 1 aromatic heterocycles. The number of amides is 2. The molecule has 156 valence electrons. The third-order valence-electron chi connectivity index (χ3n) is 5.15. The standard InChI is InChI=1S/C21H26N2O5S/c24-20(21(25)23-16-9-4-1-2-5-10-16)22-15-19(18-13-8-14-28-18)29(26,27)17-11-6-3-7-12-17/h3,6-8,11-14,16,19H,1-2,4-5,9-10,15H2,(H,22,24)(H,23,25)/t19-/m1/s1. The van der Waals surface area contributed by atoms with E-state index in [9.17, 15) is 18.0 Å². The van der Waals surface area contributed by atoms with Crippen molar-refractivity contribution in [3.8, 4) is 0 Å². The fourth-order valence-electron chi connectivity index (χ4n) is 3.55. The van der Waals surface area contributed by atoms with Gasteiger partial charge in [-0.15, -0.1) is 0 Å². The molecule has 1 atom stereocenters. The van der Waals surface area contributed by atoms with Crippen molar-refractivity contribution < 1.29 is 22.4 Å². The topological polar surface area (TPSA) is 105 Å². The lowest BCUT2D eigenvalue weighted by molar-refractivity contribution is -0.139. The zero-order valence-electron chi connectivity index (χ0n) is 16.2. The molecule has 29 heavy (non-hydrogen) atoms. The Morgan fingerprint density at radius 1 is 0.966 bits per heavy atom. The summed E-state index contributed by atoms with van der Waals surface area (Å²) >= 11 is 0. The number of carbonyl (C=O) groups is 2. The highest BCUT2D eigenvalue weighted by molar-refractivity contribution is 7.91. The molecule has 0 aliphatic heterocycles. The first-order valence-electron chi connectivity index (χ1n) is 9.89. The maximum absolute atomic E-state index is 13.1. The number of furan rings is 1. The Morgan fingerprint density at radius 3 is 2.28 bits per heavy atom. The number of nitrogens with one attached hydrogen (secondary N) is 2. The third kappa shape index (κ3) is 5.47. The molecular weight excluding hydrogens is 392 g/mol. The summed E-state index contributed by atoms with van der Waals surface area (Å²) < 4.78 is 31.4. The zero-order valence-corrected chi connectivity index (χ0v) is 17.0. The normalized spacial score (nSPS) is 16.6. The summed E-state index contributed by atoms with van der Waals surface area (Å²) in [4.78, 5) is 24.7. The second-order valence-corrected chi connectivity index (χ2v) is 9.36. The van der Waals surface area contributed by atoms with Crippen molar-refractivity contribution >= 4 is 21.7 Å². The van der Waals surface area contributed by atoms with Crippen LogP contribution in [0.1, 0.15) is 49.5 Å². The number of benzene rings is 1. The molecule has 1 aliphatic rings. The Balaban J connectivity index is 1.67. The molecule has 1 aromatic carbocycles. The lowest BCUT2D eigenvalue weighted by atomic mass is 10.1. The van der Waals surface area contributed by atoms with Crippen LogP contribution >= 0.6 is 0 Å². The van der Waals surface area contributed by atoms with Gasteiger partial charge in [-0.2, -0.15) is 0 Å². The average molecular weight is 419 g/mol. The van der Waals surface area contributed by atoms with Gasteiger partial charge in [-0.25, -0.2) is 8.42 Å². The van der Waals surface area contributed by atoms with E-state index >= 15 is 0 Å². The van der Waals surface area contributed by atoms with Gasteiger partial charge in [0.05, 0.1) is 11.2 Å². The summed E-state index contributed by atoms with van der Waals surface area (Å²) in [6, 6.07) is 11.1. The van der Waals surface area contributed by atoms with E-state index in [1.807, 2.05) is 0 Å². The molecule has 2 N–H and O–H groups in total. The van der Waals surface area contributed by atoms with Crippen molar-refractivity contribution in [1.29, 1.82) is 0 Å². The van der Waals surface area contributed by atoms with Crippen LogP contribution < -0.4 is 10.6 Å². The number of carbonyl (C=O) groups excluding carboxylic acids is 2. The predicted molar refractivity (Wildman–Crippen MR) is 108 cm³/mol. The van der Waals surface area contributed by atoms with Gasteiger partial charge in [0.1, 0.15) is 11.0 Å². The van der Waals surface area contributed by atoms with Crippen molar-refractivity contribution in [3.63, 3.8) is 0 Å².